The molecule has 0 fully saturated rings. The first-order chi connectivity index (χ1) is 9.47. The monoisotopic (exact) mass is 272 g/mol. The molecule has 0 aliphatic heterocycles. The minimum absolute atomic E-state index is 0.102. The Balaban J connectivity index is 2.18. The van der Waals surface area contributed by atoms with Crippen molar-refractivity contribution in [2.24, 2.45) is 5.92 Å². The van der Waals surface area contributed by atoms with Gasteiger partial charge in [-0.1, -0.05) is 31.5 Å². The lowest BCUT2D eigenvalue weighted by Crippen LogP contribution is -2.32. The van der Waals surface area contributed by atoms with Gasteiger partial charge in [-0.3, -0.25) is 9.89 Å². The average molecular weight is 272 g/mol. The molecule has 5 nitrogen and oxygen atoms in total. The van der Waals surface area contributed by atoms with Crippen LogP contribution in [0.5, 0.6) is 0 Å². The van der Waals surface area contributed by atoms with Gasteiger partial charge in [-0.2, -0.15) is 5.10 Å². The standard InChI is InChI=1S/C15H20N4O/c1-9(2)13(14-16-11(4)18-19-14)17-15(20)12-7-5-6-10(3)8-12/h5-9,13H,1-4H3,(H,17,20)(H,16,18,19). The molecule has 0 aliphatic carbocycles. The van der Waals surface area contributed by atoms with E-state index in [0.717, 1.165) is 11.4 Å². The third kappa shape index (κ3) is 3.23. The van der Waals surface area contributed by atoms with Crippen LogP contribution in [0.1, 0.15) is 47.5 Å². The number of aromatic nitrogens is 3. The molecule has 106 valence electrons. The van der Waals surface area contributed by atoms with Gasteiger partial charge in [0.2, 0.25) is 0 Å². The largest absolute Gasteiger partial charge is 0.342 e. The Morgan fingerprint density at radius 2 is 2.05 bits per heavy atom. The van der Waals surface area contributed by atoms with Gasteiger partial charge < -0.3 is 5.32 Å². The first-order valence-electron chi connectivity index (χ1n) is 6.74. The van der Waals surface area contributed by atoms with E-state index in [4.69, 9.17) is 0 Å². The Labute approximate surface area is 118 Å². The topological polar surface area (TPSA) is 70.7 Å². The van der Waals surface area contributed by atoms with Gasteiger partial charge in [-0.15, -0.1) is 0 Å². The summed E-state index contributed by atoms with van der Waals surface area (Å²) in [5, 5.41) is 9.97. The number of aryl methyl sites for hydroxylation is 2. The van der Waals surface area contributed by atoms with E-state index in [1.165, 1.54) is 0 Å². The fourth-order valence-electron chi connectivity index (χ4n) is 2.04. The van der Waals surface area contributed by atoms with Gasteiger partial charge in [0.1, 0.15) is 5.82 Å². The zero-order valence-corrected chi connectivity index (χ0v) is 12.3. The number of nitrogens with one attached hydrogen (secondary N) is 2. The van der Waals surface area contributed by atoms with Crippen molar-refractivity contribution in [3.63, 3.8) is 0 Å². The molecule has 2 aromatic rings. The van der Waals surface area contributed by atoms with Crippen LogP contribution in [0.25, 0.3) is 0 Å². The second-order valence-electron chi connectivity index (χ2n) is 5.34. The molecular weight excluding hydrogens is 252 g/mol. The molecule has 1 atom stereocenters. The molecule has 0 saturated carbocycles. The highest BCUT2D eigenvalue weighted by atomic mass is 16.1. The molecule has 1 aromatic carbocycles. The van der Waals surface area contributed by atoms with Gasteiger partial charge in [0.15, 0.2) is 5.82 Å². The summed E-state index contributed by atoms with van der Waals surface area (Å²) in [4.78, 5) is 16.6. The lowest BCUT2D eigenvalue weighted by Gasteiger charge is -2.19. The number of rotatable bonds is 4. The maximum atomic E-state index is 12.3. The molecule has 5 heteroatoms. The van der Waals surface area contributed by atoms with E-state index in [-0.39, 0.29) is 17.9 Å². The molecule has 0 radical (unpaired) electrons. The Kier molecular flexibility index (Phi) is 4.17. The quantitative estimate of drug-likeness (QED) is 0.898. The second kappa shape index (κ2) is 5.86. The Hall–Kier alpha value is -2.17. The van der Waals surface area contributed by atoms with Crippen LogP contribution in [-0.4, -0.2) is 21.1 Å². The number of aromatic amines is 1. The minimum Gasteiger partial charge on any atom is -0.342 e. The predicted octanol–water partition coefficient (Wildman–Crippen LogP) is 2.55. The van der Waals surface area contributed by atoms with Crippen molar-refractivity contribution in [3.05, 3.63) is 47.0 Å². The summed E-state index contributed by atoms with van der Waals surface area (Å²) < 4.78 is 0. The first kappa shape index (κ1) is 14.2. The van der Waals surface area contributed by atoms with E-state index >= 15 is 0 Å². The Morgan fingerprint density at radius 1 is 1.30 bits per heavy atom. The highest BCUT2D eigenvalue weighted by molar-refractivity contribution is 5.94. The number of carbonyl (C=O) groups excluding carboxylic acids is 1. The molecular formula is C15H20N4O. The van der Waals surface area contributed by atoms with Crippen molar-refractivity contribution in [1.29, 1.82) is 0 Å². The number of carbonyl (C=O) groups is 1. The van der Waals surface area contributed by atoms with E-state index in [0.29, 0.717) is 11.4 Å². The maximum absolute atomic E-state index is 12.3. The number of hydrogen-bond acceptors (Lipinski definition) is 3. The van der Waals surface area contributed by atoms with Crippen LogP contribution in [0.3, 0.4) is 0 Å². The lowest BCUT2D eigenvalue weighted by atomic mass is 10.0. The summed E-state index contributed by atoms with van der Waals surface area (Å²) in [6, 6.07) is 7.33. The predicted molar refractivity (Wildman–Crippen MR) is 77.3 cm³/mol. The summed E-state index contributed by atoms with van der Waals surface area (Å²) in [7, 11) is 0. The number of amides is 1. The van der Waals surface area contributed by atoms with E-state index in [2.05, 4.69) is 20.5 Å². The fraction of sp³-hybridized carbons (Fsp3) is 0.400. The van der Waals surface area contributed by atoms with Gasteiger partial charge in [-0.05, 0) is 31.9 Å². The molecule has 0 bridgehead atoms. The van der Waals surface area contributed by atoms with Crippen molar-refractivity contribution < 1.29 is 4.79 Å². The first-order valence-corrected chi connectivity index (χ1v) is 6.74. The molecule has 2 rings (SSSR count). The summed E-state index contributed by atoms with van der Waals surface area (Å²) >= 11 is 0. The van der Waals surface area contributed by atoms with Gasteiger partial charge >= 0.3 is 0 Å². The normalized spacial score (nSPS) is 12.4. The van der Waals surface area contributed by atoms with Crippen LogP contribution in [0, 0.1) is 19.8 Å². The lowest BCUT2D eigenvalue weighted by molar-refractivity contribution is 0.0923. The molecule has 1 amide bonds. The summed E-state index contributed by atoms with van der Waals surface area (Å²) in [5.41, 5.74) is 1.72. The highest BCUT2D eigenvalue weighted by Crippen LogP contribution is 2.19. The van der Waals surface area contributed by atoms with Crippen LogP contribution < -0.4 is 5.32 Å². The summed E-state index contributed by atoms with van der Waals surface area (Å²) in [6.45, 7) is 7.88. The smallest absolute Gasteiger partial charge is 0.251 e. The molecule has 1 unspecified atom stereocenters. The van der Waals surface area contributed by atoms with Gasteiger partial charge in [0, 0.05) is 5.56 Å². The zero-order chi connectivity index (χ0) is 14.7. The molecule has 0 spiro atoms. The number of nitrogens with zero attached hydrogens (tertiary/aromatic N) is 2. The van der Waals surface area contributed by atoms with Crippen molar-refractivity contribution >= 4 is 5.91 Å². The highest BCUT2D eigenvalue weighted by Gasteiger charge is 2.22. The number of benzene rings is 1. The molecule has 2 N–H and O–H groups in total. The fourth-order valence-corrected chi connectivity index (χ4v) is 2.04. The molecule has 0 aliphatic rings. The zero-order valence-electron chi connectivity index (χ0n) is 12.3. The minimum atomic E-state index is -0.201. The van der Waals surface area contributed by atoms with Crippen LogP contribution in [0.4, 0.5) is 0 Å². The molecule has 20 heavy (non-hydrogen) atoms. The van der Waals surface area contributed by atoms with Gasteiger partial charge in [0.05, 0.1) is 6.04 Å². The van der Waals surface area contributed by atoms with Crippen molar-refractivity contribution in [1.82, 2.24) is 20.5 Å². The third-order valence-electron chi connectivity index (χ3n) is 3.13. The SMILES string of the molecule is Cc1cccc(C(=O)NC(c2n[nH]c(C)n2)C(C)C)c1. The van der Waals surface area contributed by atoms with Crippen molar-refractivity contribution in [2.75, 3.05) is 0 Å². The summed E-state index contributed by atoms with van der Waals surface area (Å²) in [6.07, 6.45) is 0. The van der Waals surface area contributed by atoms with E-state index < -0.39 is 0 Å². The van der Waals surface area contributed by atoms with E-state index in [1.54, 1.807) is 0 Å². The maximum Gasteiger partial charge on any atom is 0.251 e. The molecule has 1 aromatic heterocycles. The number of hydrogen-bond donors (Lipinski definition) is 2. The average Bonchev–Trinajstić information content (AvgIpc) is 2.81. The third-order valence-corrected chi connectivity index (χ3v) is 3.13. The van der Waals surface area contributed by atoms with Crippen molar-refractivity contribution in [2.45, 2.75) is 33.7 Å². The van der Waals surface area contributed by atoms with Crippen LogP contribution in [0.15, 0.2) is 24.3 Å². The van der Waals surface area contributed by atoms with Crippen LogP contribution in [0.2, 0.25) is 0 Å². The van der Waals surface area contributed by atoms with Crippen molar-refractivity contribution in [3.8, 4) is 0 Å². The number of H-pyrrole nitrogens is 1. The van der Waals surface area contributed by atoms with Crippen LogP contribution in [-0.2, 0) is 0 Å². The second-order valence-corrected chi connectivity index (χ2v) is 5.34. The molecule has 0 saturated heterocycles. The van der Waals surface area contributed by atoms with Gasteiger partial charge in [0.25, 0.3) is 5.91 Å². The Bertz CT molecular complexity index is 603. The van der Waals surface area contributed by atoms with Crippen LogP contribution >= 0.6 is 0 Å². The Morgan fingerprint density at radius 3 is 2.60 bits per heavy atom. The van der Waals surface area contributed by atoms with E-state index in [9.17, 15) is 4.79 Å². The summed E-state index contributed by atoms with van der Waals surface area (Å²) in [5.74, 6) is 1.47. The van der Waals surface area contributed by atoms with E-state index in [1.807, 2.05) is 52.0 Å². The molecule has 1 heterocycles. The van der Waals surface area contributed by atoms with Gasteiger partial charge in [-0.25, -0.2) is 4.98 Å².